The van der Waals surface area contributed by atoms with Crippen molar-refractivity contribution in [2.45, 2.75) is 0 Å². The van der Waals surface area contributed by atoms with E-state index in [1.807, 2.05) is 0 Å². The van der Waals surface area contributed by atoms with Crippen LogP contribution in [0.4, 0.5) is 5.69 Å². The van der Waals surface area contributed by atoms with Crippen molar-refractivity contribution in [3.8, 4) is 0 Å². The highest BCUT2D eigenvalue weighted by Crippen LogP contribution is 2.21. The summed E-state index contributed by atoms with van der Waals surface area (Å²) < 4.78 is 5.40. The fourth-order valence-corrected chi connectivity index (χ4v) is 2.93. The van der Waals surface area contributed by atoms with Gasteiger partial charge >= 0.3 is 5.97 Å². The quantitative estimate of drug-likeness (QED) is 0.561. The first-order valence-corrected chi connectivity index (χ1v) is 8.26. The summed E-state index contributed by atoms with van der Waals surface area (Å²) in [6.07, 6.45) is 0. The van der Waals surface area contributed by atoms with Crippen molar-refractivity contribution in [2.75, 3.05) is 19.0 Å². The molecule has 0 bridgehead atoms. The molecule has 0 saturated carbocycles. The van der Waals surface area contributed by atoms with Crippen LogP contribution in [0.25, 0.3) is 0 Å². The van der Waals surface area contributed by atoms with Gasteiger partial charge in [0.25, 0.3) is 11.8 Å². The average molecular weight is 413 g/mol. The van der Waals surface area contributed by atoms with E-state index in [0.717, 1.165) is 3.79 Å². The van der Waals surface area contributed by atoms with Gasteiger partial charge < -0.3 is 10.1 Å². The number of anilines is 1. The van der Waals surface area contributed by atoms with Crippen molar-refractivity contribution < 1.29 is 24.0 Å². The molecule has 24 heavy (non-hydrogen) atoms. The van der Waals surface area contributed by atoms with E-state index in [2.05, 4.69) is 31.5 Å². The topological polar surface area (TPSA) is 93.7 Å². The number of hydrogen-bond acceptors (Lipinski definition) is 6. The van der Waals surface area contributed by atoms with E-state index in [-0.39, 0.29) is 6.61 Å². The lowest BCUT2D eigenvalue weighted by molar-refractivity contribution is -0.122. The summed E-state index contributed by atoms with van der Waals surface area (Å²) in [5.41, 5.74) is 3.06. The zero-order chi connectivity index (χ0) is 17.5. The number of hydroxylamine groups is 1. The minimum absolute atomic E-state index is 0.350. The maximum absolute atomic E-state index is 11.7. The van der Waals surface area contributed by atoms with Gasteiger partial charge in [0.1, 0.15) is 0 Å². The van der Waals surface area contributed by atoms with Gasteiger partial charge in [-0.2, -0.15) is 0 Å². The minimum Gasteiger partial charge on any atom is -0.465 e. The van der Waals surface area contributed by atoms with Gasteiger partial charge in [-0.1, -0.05) is 0 Å². The van der Waals surface area contributed by atoms with Crippen LogP contribution in [-0.4, -0.2) is 31.5 Å². The van der Waals surface area contributed by atoms with E-state index in [0.29, 0.717) is 16.1 Å². The van der Waals surface area contributed by atoms with Gasteiger partial charge in [-0.3, -0.25) is 14.4 Å². The number of esters is 1. The summed E-state index contributed by atoms with van der Waals surface area (Å²) in [5.74, 6) is -1.34. The summed E-state index contributed by atoms with van der Waals surface area (Å²) in [6, 6.07) is 9.55. The zero-order valence-electron chi connectivity index (χ0n) is 12.5. The van der Waals surface area contributed by atoms with Gasteiger partial charge in [0.2, 0.25) is 0 Å². The number of carbonyl (C=O) groups is 3. The highest BCUT2D eigenvalue weighted by atomic mass is 79.9. The molecule has 0 unspecified atom stereocenters. The second-order valence-corrected chi connectivity index (χ2v) is 6.90. The Balaban J connectivity index is 1.77. The predicted octanol–water partition coefficient (Wildman–Crippen LogP) is 2.60. The molecule has 2 N–H and O–H groups in total. The molecule has 9 heteroatoms. The molecule has 2 rings (SSSR count). The van der Waals surface area contributed by atoms with Gasteiger partial charge in [-0.25, -0.2) is 10.3 Å². The standard InChI is InChI=1S/C15H13BrN2O5S/c1-22-15(21)9-2-4-10(5-3-9)17-13(19)8-23-18-14(20)11-6-7-12(16)24-11/h2-7H,8H2,1H3,(H,17,19)(H,18,20). The first-order chi connectivity index (χ1) is 11.5. The molecular formula is C15H13BrN2O5S. The van der Waals surface area contributed by atoms with Gasteiger partial charge in [0.05, 0.1) is 21.3 Å². The lowest BCUT2D eigenvalue weighted by atomic mass is 10.2. The number of ether oxygens (including phenoxy) is 1. The number of rotatable bonds is 6. The smallest absolute Gasteiger partial charge is 0.337 e. The Labute approximate surface area is 150 Å². The van der Waals surface area contributed by atoms with Crippen LogP contribution in [0, 0.1) is 0 Å². The molecule has 1 aromatic carbocycles. The van der Waals surface area contributed by atoms with Gasteiger partial charge in [-0.05, 0) is 52.3 Å². The summed E-state index contributed by atoms with van der Waals surface area (Å²) >= 11 is 4.50. The van der Waals surface area contributed by atoms with Crippen LogP contribution in [0.1, 0.15) is 20.0 Å². The Morgan fingerprint density at radius 3 is 2.42 bits per heavy atom. The SMILES string of the molecule is COC(=O)c1ccc(NC(=O)CONC(=O)c2ccc(Br)s2)cc1. The van der Waals surface area contributed by atoms with Crippen molar-refractivity contribution >= 4 is 50.7 Å². The van der Waals surface area contributed by atoms with Crippen LogP contribution >= 0.6 is 27.3 Å². The van der Waals surface area contributed by atoms with Crippen molar-refractivity contribution in [3.05, 3.63) is 50.6 Å². The Morgan fingerprint density at radius 2 is 1.83 bits per heavy atom. The normalized spacial score (nSPS) is 10.1. The van der Waals surface area contributed by atoms with Crippen molar-refractivity contribution in [1.29, 1.82) is 0 Å². The molecule has 0 fully saturated rings. The molecule has 0 spiro atoms. The van der Waals surface area contributed by atoms with Gasteiger partial charge in [0, 0.05) is 5.69 Å². The molecular weight excluding hydrogens is 400 g/mol. The number of carbonyl (C=O) groups excluding carboxylic acids is 3. The maximum Gasteiger partial charge on any atom is 0.337 e. The fraction of sp³-hybridized carbons (Fsp3) is 0.133. The van der Waals surface area contributed by atoms with E-state index in [4.69, 9.17) is 4.84 Å². The highest BCUT2D eigenvalue weighted by molar-refractivity contribution is 9.11. The largest absolute Gasteiger partial charge is 0.465 e. The first-order valence-electron chi connectivity index (χ1n) is 6.65. The Morgan fingerprint density at radius 1 is 1.12 bits per heavy atom. The highest BCUT2D eigenvalue weighted by Gasteiger charge is 2.10. The van der Waals surface area contributed by atoms with Crippen LogP contribution in [0.2, 0.25) is 0 Å². The lowest BCUT2D eigenvalue weighted by Crippen LogP contribution is -2.28. The third-order valence-corrected chi connectivity index (χ3v) is 4.38. The molecule has 7 nitrogen and oxygen atoms in total. The Kier molecular flexibility index (Phi) is 6.47. The van der Waals surface area contributed by atoms with Gasteiger partial charge in [0.15, 0.2) is 6.61 Å². The summed E-state index contributed by atoms with van der Waals surface area (Å²) in [7, 11) is 1.29. The number of halogens is 1. The summed E-state index contributed by atoms with van der Waals surface area (Å²) in [5, 5.41) is 2.57. The van der Waals surface area contributed by atoms with E-state index in [9.17, 15) is 14.4 Å². The monoisotopic (exact) mass is 412 g/mol. The molecule has 0 aliphatic rings. The van der Waals surface area contributed by atoms with E-state index >= 15 is 0 Å². The second kappa shape index (κ2) is 8.57. The molecule has 0 radical (unpaired) electrons. The van der Waals surface area contributed by atoms with Crippen LogP contribution < -0.4 is 10.8 Å². The maximum atomic E-state index is 11.7. The molecule has 2 aromatic rings. The molecule has 1 aromatic heterocycles. The van der Waals surface area contributed by atoms with E-state index in [1.165, 1.54) is 30.6 Å². The lowest BCUT2D eigenvalue weighted by Gasteiger charge is -2.07. The van der Waals surface area contributed by atoms with Crippen molar-refractivity contribution in [3.63, 3.8) is 0 Å². The fourth-order valence-electron chi connectivity index (χ4n) is 1.66. The number of nitrogens with one attached hydrogen (secondary N) is 2. The molecule has 0 aliphatic heterocycles. The predicted molar refractivity (Wildman–Crippen MR) is 91.8 cm³/mol. The number of hydrogen-bond donors (Lipinski definition) is 2. The van der Waals surface area contributed by atoms with Gasteiger partial charge in [-0.15, -0.1) is 11.3 Å². The van der Waals surface area contributed by atoms with Crippen molar-refractivity contribution in [2.24, 2.45) is 0 Å². The van der Waals surface area contributed by atoms with E-state index in [1.54, 1.807) is 24.3 Å². The minimum atomic E-state index is -0.459. The number of amides is 2. The molecule has 0 saturated heterocycles. The Hall–Kier alpha value is -2.23. The average Bonchev–Trinajstić information content (AvgIpc) is 3.01. The zero-order valence-corrected chi connectivity index (χ0v) is 14.9. The molecule has 0 atom stereocenters. The third-order valence-electron chi connectivity index (χ3n) is 2.75. The summed E-state index contributed by atoms with van der Waals surface area (Å²) in [4.78, 5) is 40.1. The molecule has 126 valence electrons. The molecule has 0 aliphatic carbocycles. The Bertz CT molecular complexity index is 745. The number of benzene rings is 1. The van der Waals surface area contributed by atoms with Crippen LogP contribution in [-0.2, 0) is 14.4 Å². The first kappa shape index (κ1) is 18.1. The number of methoxy groups -OCH3 is 1. The third kappa shape index (κ3) is 5.15. The van der Waals surface area contributed by atoms with Crippen LogP contribution in [0.15, 0.2) is 40.2 Å². The number of thiophene rings is 1. The second-order valence-electron chi connectivity index (χ2n) is 4.44. The van der Waals surface area contributed by atoms with E-state index < -0.39 is 17.8 Å². The van der Waals surface area contributed by atoms with Crippen molar-refractivity contribution in [1.82, 2.24) is 5.48 Å². The molecule has 2 amide bonds. The molecule has 1 heterocycles. The van der Waals surface area contributed by atoms with Crippen LogP contribution in [0.3, 0.4) is 0 Å². The summed E-state index contributed by atoms with van der Waals surface area (Å²) in [6.45, 7) is -0.350. The van der Waals surface area contributed by atoms with Crippen LogP contribution in [0.5, 0.6) is 0 Å².